The van der Waals surface area contributed by atoms with Gasteiger partial charge in [0, 0.05) is 11.8 Å². The van der Waals surface area contributed by atoms with E-state index in [-0.39, 0.29) is 18.0 Å². The van der Waals surface area contributed by atoms with E-state index in [1.54, 1.807) is 13.8 Å². The van der Waals surface area contributed by atoms with Crippen molar-refractivity contribution in [1.82, 2.24) is 10.3 Å². The summed E-state index contributed by atoms with van der Waals surface area (Å²) in [6, 6.07) is 2.84. The summed E-state index contributed by atoms with van der Waals surface area (Å²) in [6.07, 6.45) is 1.41. The molecule has 2 aromatic rings. The smallest absolute Gasteiger partial charge is 0.335 e. The molecule has 0 aliphatic heterocycles. The highest BCUT2D eigenvalue weighted by molar-refractivity contribution is 5.96. The number of hydrogen-bond donors (Lipinski definition) is 2. The fourth-order valence-corrected chi connectivity index (χ4v) is 2.09. The van der Waals surface area contributed by atoms with E-state index in [4.69, 9.17) is 9.52 Å². The van der Waals surface area contributed by atoms with Crippen LogP contribution in [-0.2, 0) is 6.54 Å². The topological polar surface area (TPSA) is 92.4 Å². The monoisotopic (exact) mass is 288 g/mol. The predicted molar refractivity (Wildman–Crippen MR) is 75.3 cm³/mol. The van der Waals surface area contributed by atoms with E-state index in [9.17, 15) is 9.59 Å². The maximum Gasteiger partial charge on any atom is 0.335 e. The number of aromatic nitrogens is 1. The van der Waals surface area contributed by atoms with Crippen LogP contribution in [0, 0.1) is 20.8 Å². The van der Waals surface area contributed by atoms with Crippen LogP contribution in [0.25, 0.3) is 0 Å². The van der Waals surface area contributed by atoms with Crippen LogP contribution in [0.15, 0.2) is 22.7 Å². The number of pyridine rings is 1. The first-order valence-corrected chi connectivity index (χ1v) is 6.43. The molecule has 2 rings (SSSR count). The lowest BCUT2D eigenvalue weighted by atomic mass is 10.1. The Labute approximate surface area is 121 Å². The Bertz CT molecular complexity index is 704. The Balaban J connectivity index is 2.11. The van der Waals surface area contributed by atoms with Gasteiger partial charge in [0.25, 0.3) is 5.91 Å². The van der Waals surface area contributed by atoms with Gasteiger partial charge in [0.1, 0.15) is 11.5 Å². The number of amides is 1. The lowest BCUT2D eigenvalue weighted by molar-refractivity contribution is 0.0696. The summed E-state index contributed by atoms with van der Waals surface area (Å²) in [5.74, 6) is -0.00935. The van der Waals surface area contributed by atoms with Crippen LogP contribution in [0.1, 0.15) is 43.5 Å². The van der Waals surface area contributed by atoms with Crippen molar-refractivity contribution in [3.63, 3.8) is 0 Å². The van der Waals surface area contributed by atoms with Crippen LogP contribution in [-0.4, -0.2) is 22.0 Å². The Kier molecular flexibility index (Phi) is 4.07. The van der Waals surface area contributed by atoms with Crippen LogP contribution in [0.4, 0.5) is 0 Å². The number of carboxylic acids is 1. The number of nitrogens with zero attached hydrogens (tertiary/aromatic N) is 1. The molecule has 0 atom stereocenters. The number of aromatic carboxylic acids is 1. The molecule has 2 N–H and O–H groups in total. The van der Waals surface area contributed by atoms with Crippen molar-refractivity contribution in [1.29, 1.82) is 0 Å². The molecule has 0 aliphatic carbocycles. The van der Waals surface area contributed by atoms with E-state index in [2.05, 4.69) is 10.3 Å². The number of carbonyl (C=O) groups is 2. The first kappa shape index (κ1) is 14.8. The third-order valence-corrected chi connectivity index (χ3v) is 3.28. The number of carboxylic acid groups (broad SMARTS) is 1. The standard InChI is InChI=1S/C15H16N2O4/c1-8-9(2)21-10(3)13(8)14(18)17-7-12-6-11(15(19)20)4-5-16-12/h4-6H,7H2,1-3H3,(H,17,18)(H,19,20). The van der Waals surface area contributed by atoms with Crippen LogP contribution < -0.4 is 5.32 Å². The lowest BCUT2D eigenvalue weighted by Crippen LogP contribution is -2.24. The van der Waals surface area contributed by atoms with Gasteiger partial charge in [0.15, 0.2) is 0 Å². The van der Waals surface area contributed by atoms with E-state index < -0.39 is 5.97 Å². The minimum absolute atomic E-state index is 0.140. The highest BCUT2D eigenvalue weighted by atomic mass is 16.4. The molecule has 0 aliphatic rings. The summed E-state index contributed by atoms with van der Waals surface area (Å²) >= 11 is 0. The Morgan fingerprint density at radius 2 is 2.00 bits per heavy atom. The van der Waals surface area contributed by atoms with E-state index in [1.165, 1.54) is 18.3 Å². The minimum Gasteiger partial charge on any atom is -0.478 e. The Hall–Kier alpha value is -2.63. The van der Waals surface area contributed by atoms with Gasteiger partial charge in [-0.15, -0.1) is 0 Å². The molecule has 1 amide bonds. The van der Waals surface area contributed by atoms with Gasteiger partial charge < -0.3 is 14.8 Å². The van der Waals surface area contributed by atoms with Crippen molar-refractivity contribution >= 4 is 11.9 Å². The summed E-state index contributed by atoms with van der Waals surface area (Å²) in [5.41, 5.74) is 1.94. The zero-order chi connectivity index (χ0) is 15.6. The first-order valence-electron chi connectivity index (χ1n) is 6.43. The molecule has 0 unspecified atom stereocenters. The third kappa shape index (κ3) is 3.10. The highest BCUT2D eigenvalue weighted by Crippen LogP contribution is 2.20. The van der Waals surface area contributed by atoms with E-state index >= 15 is 0 Å². The van der Waals surface area contributed by atoms with Crippen molar-refractivity contribution in [2.75, 3.05) is 0 Å². The fraction of sp³-hybridized carbons (Fsp3) is 0.267. The number of aryl methyl sites for hydroxylation is 2. The molecule has 0 radical (unpaired) electrons. The molecule has 21 heavy (non-hydrogen) atoms. The van der Waals surface area contributed by atoms with E-state index in [1.807, 2.05) is 6.92 Å². The lowest BCUT2D eigenvalue weighted by Gasteiger charge is -2.05. The Morgan fingerprint density at radius 3 is 2.57 bits per heavy atom. The van der Waals surface area contributed by atoms with Crippen LogP contribution >= 0.6 is 0 Å². The molecule has 0 saturated heterocycles. The fourth-order valence-electron chi connectivity index (χ4n) is 2.09. The number of rotatable bonds is 4. The van der Waals surface area contributed by atoms with Gasteiger partial charge in [0.05, 0.1) is 23.4 Å². The van der Waals surface area contributed by atoms with Gasteiger partial charge >= 0.3 is 5.97 Å². The number of furan rings is 1. The van der Waals surface area contributed by atoms with Crippen molar-refractivity contribution in [2.45, 2.75) is 27.3 Å². The maximum atomic E-state index is 12.2. The van der Waals surface area contributed by atoms with Crippen LogP contribution in [0.2, 0.25) is 0 Å². The quantitative estimate of drug-likeness (QED) is 0.900. The van der Waals surface area contributed by atoms with Crippen LogP contribution in [0.3, 0.4) is 0 Å². The molecule has 0 aromatic carbocycles. The molecule has 2 aromatic heterocycles. The molecular formula is C15H16N2O4. The summed E-state index contributed by atoms with van der Waals surface area (Å²) in [6.45, 7) is 5.52. The third-order valence-electron chi connectivity index (χ3n) is 3.28. The summed E-state index contributed by atoms with van der Waals surface area (Å²) < 4.78 is 5.41. The second kappa shape index (κ2) is 5.78. The number of nitrogens with one attached hydrogen (secondary N) is 1. The summed E-state index contributed by atoms with van der Waals surface area (Å²) in [4.78, 5) is 27.1. The Morgan fingerprint density at radius 1 is 1.29 bits per heavy atom. The highest BCUT2D eigenvalue weighted by Gasteiger charge is 2.18. The van der Waals surface area contributed by atoms with E-state index in [0.29, 0.717) is 22.8 Å². The van der Waals surface area contributed by atoms with Crippen LogP contribution in [0.5, 0.6) is 0 Å². The minimum atomic E-state index is -1.03. The van der Waals surface area contributed by atoms with Gasteiger partial charge in [-0.25, -0.2) is 4.79 Å². The predicted octanol–water partition coefficient (Wildman–Crippen LogP) is 2.23. The van der Waals surface area contributed by atoms with E-state index in [0.717, 1.165) is 5.56 Å². The zero-order valence-electron chi connectivity index (χ0n) is 12.1. The van der Waals surface area contributed by atoms with Crippen molar-refractivity contribution < 1.29 is 19.1 Å². The molecule has 0 saturated carbocycles. The molecule has 110 valence electrons. The molecule has 0 bridgehead atoms. The van der Waals surface area contributed by atoms with Gasteiger partial charge in [-0.3, -0.25) is 9.78 Å². The first-order chi connectivity index (χ1) is 9.90. The molecule has 6 heteroatoms. The van der Waals surface area contributed by atoms with Crippen molar-refractivity contribution in [2.24, 2.45) is 0 Å². The second-order valence-corrected chi connectivity index (χ2v) is 4.74. The number of carbonyl (C=O) groups excluding carboxylic acids is 1. The van der Waals surface area contributed by atoms with Gasteiger partial charge in [0.2, 0.25) is 0 Å². The average molecular weight is 288 g/mol. The number of hydrogen-bond acceptors (Lipinski definition) is 4. The van der Waals surface area contributed by atoms with Gasteiger partial charge in [-0.2, -0.15) is 0 Å². The zero-order valence-corrected chi connectivity index (χ0v) is 12.1. The normalized spacial score (nSPS) is 10.4. The average Bonchev–Trinajstić information content (AvgIpc) is 2.70. The SMILES string of the molecule is Cc1oc(C)c(C(=O)NCc2cc(C(=O)O)ccn2)c1C. The maximum absolute atomic E-state index is 12.2. The largest absolute Gasteiger partial charge is 0.478 e. The van der Waals surface area contributed by atoms with Gasteiger partial charge in [-0.1, -0.05) is 0 Å². The van der Waals surface area contributed by atoms with Gasteiger partial charge in [-0.05, 0) is 32.9 Å². The van der Waals surface area contributed by atoms with Crippen molar-refractivity contribution in [3.8, 4) is 0 Å². The molecule has 0 fully saturated rings. The molecule has 2 heterocycles. The summed E-state index contributed by atoms with van der Waals surface area (Å²) in [5, 5.41) is 11.6. The molecule has 0 spiro atoms. The van der Waals surface area contributed by atoms with Crippen molar-refractivity contribution in [3.05, 3.63) is 52.2 Å². The molecule has 6 nitrogen and oxygen atoms in total. The summed E-state index contributed by atoms with van der Waals surface area (Å²) in [7, 11) is 0. The second-order valence-electron chi connectivity index (χ2n) is 4.74. The molecular weight excluding hydrogens is 272 g/mol.